The summed E-state index contributed by atoms with van der Waals surface area (Å²) in [6, 6.07) is 0. The molecule has 0 radical (unpaired) electrons. The Morgan fingerprint density at radius 1 is 0.605 bits per heavy atom. The lowest BCUT2D eigenvalue weighted by Gasteiger charge is -2.15. The van der Waals surface area contributed by atoms with Gasteiger partial charge in [-0.3, -0.25) is 14.4 Å². The van der Waals surface area contributed by atoms with Gasteiger partial charge < -0.3 is 15.2 Å². The molecule has 6 heteroatoms. The van der Waals surface area contributed by atoms with Crippen molar-refractivity contribution in [1.29, 1.82) is 0 Å². The van der Waals surface area contributed by atoms with Crippen LogP contribution in [0.3, 0.4) is 0 Å². The second-order valence-electron chi connectivity index (χ2n) is 12.1. The molecule has 0 bridgehead atoms. The first-order chi connectivity index (χ1) is 21.0. The maximum absolute atomic E-state index is 12.6. The lowest BCUT2D eigenvalue weighted by Crippen LogP contribution is -2.28. The molecule has 0 aromatic heterocycles. The van der Waals surface area contributed by atoms with E-state index in [4.69, 9.17) is 9.84 Å². The molecule has 250 valence electrons. The first-order valence-electron chi connectivity index (χ1n) is 18.0. The minimum absolute atomic E-state index is 0.0910. The quantitative estimate of drug-likeness (QED) is 0.0452. The summed E-state index contributed by atoms with van der Waals surface area (Å²) in [4.78, 5) is 34.8. The zero-order chi connectivity index (χ0) is 31.6. The molecule has 1 amide bonds. The van der Waals surface area contributed by atoms with E-state index in [-0.39, 0.29) is 24.5 Å². The SMILES string of the molecule is CCCCCC/C=C\CCCCCCCC(=O)OC(/C=C\CCCCCCCCC)CCCCCCC(=O)NCC(=O)O. The van der Waals surface area contributed by atoms with Gasteiger partial charge in [-0.2, -0.15) is 0 Å². The van der Waals surface area contributed by atoms with Gasteiger partial charge in [0.15, 0.2) is 0 Å². The molecule has 2 N–H and O–H groups in total. The lowest BCUT2D eigenvalue weighted by molar-refractivity contribution is -0.147. The van der Waals surface area contributed by atoms with Gasteiger partial charge in [-0.25, -0.2) is 0 Å². The highest BCUT2D eigenvalue weighted by Crippen LogP contribution is 2.15. The standard InChI is InChI=1S/C37H67NO5/c1-3-5-7-9-11-13-14-15-16-18-20-22-28-32-37(42)43-34(29-25-21-19-17-12-10-8-6-4-2)30-26-23-24-27-31-35(39)38-33-36(40)41/h13-14,25,29,34H,3-12,15-24,26-28,30-33H2,1-2H3,(H,38,39)(H,40,41)/b14-13-,29-25-. The summed E-state index contributed by atoms with van der Waals surface area (Å²) < 4.78 is 5.87. The highest BCUT2D eigenvalue weighted by molar-refractivity contribution is 5.80. The van der Waals surface area contributed by atoms with Crippen molar-refractivity contribution < 1.29 is 24.2 Å². The molecule has 0 aromatic rings. The molecule has 0 rings (SSSR count). The van der Waals surface area contributed by atoms with E-state index in [1.807, 2.05) is 0 Å². The number of nitrogens with one attached hydrogen (secondary N) is 1. The van der Waals surface area contributed by atoms with Gasteiger partial charge in [-0.1, -0.05) is 122 Å². The minimum Gasteiger partial charge on any atom is -0.480 e. The van der Waals surface area contributed by atoms with Crippen LogP contribution in [0.4, 0.5) is 0 Å². The van der Waals surface area contributed by atoms with Crippen LogP contribution in [0.1, 0.15) is 181 Å². The average molecular weight is 606 g/mol. The average Bonchev–Trinajstić information content (AvgIpc) is 2.99. The molecule has 1 unspecified atom stereocenters. The number of aliphatic carboxylic acids is 1. The fourth-order valence-electron chi connectivity index (χ4n) is 5.12. The molecule has 0 aliphatic carbocycles. The summed E-state index contributed by atoms with van der Waals surface area (Å²) in [6.07, 6.45) is 37.3. The Morgan fingerprint density at radius 2 is 1.07 bits per heavy atom. The van der Waals surface area contributed by atoms with Crippen LogP contribution in [0.15, 0.2) is 24.3 Å². The molecular formula is C37H67NO5. The predicted molar refractivity (Wildman–Crippen MR) is 180 cm³/mol. The number of ether oxygens (including phenoxy) is 1. The Balaban J connectivity index is 4.22. The van der Waals surface area contributed by atoms with Crippen molar-refractivity contribution in [1.82, 2.24) is 5.32 Å². The van der Waals surface area contributed by atoms with Crippen molar-refractivity contribution in [2.24, 2.45) is 0 Å². The van der Waals surface area contributed by atoms with Crippen LogP contribution in [-0.4, -0.2) is 35.6 Å². The fraction of sp³-hybridized carbons (Fsp3) is 0.811. The molecule has 0 aliphatic heterocycles. The number of carboxylic acid groups (broad SMARTS) is 1. The van der Waals surface area contributed by atoms with Crippen LogP contribution < -0.4 is 5.32 Å². The van der Waals surface area contributed by atoms with Crippen LogP contribution in [0, 0.1) is 0 Å². The molecule has 0 fully saturated rings. The van der Waals surface area contributed by atoms with Gasteiger partial charge in [-0.05, 0) is 70.3 Å². The third-order valence-corrected chi connectivity index (χ3v) is 7.83. The number of amides is 1. The van der Waals surface area contributed by atoms with Crippen molar-refractivity contribution in [3.63, 3.8) is 0 Å². The summed E-state index contributed by atoms with van der Waals surface area (Å²) in [5, 5.41) is 11.0. The van der Waals surface area contributed by atoms with E-state index in [2.05, 4.69) is 43.5 Å². The van der Waals surface area contributed by atoms with Gasteiger partial charge in [0.25, 0.3) is 0 Å². The maximum Gasteiger partial charge on any atom is 0.322 e. The highest BCUT2D eigenvalue weighted by Gasteiger charge is 2.12. The number of hydrogen-bond donors (Lipinski definition) is 2. The van der Waals surface area contributed by atoms with Crippen molar-refractivity contribution in [2.75, 3.05) is 6.54 Å². The highest BCUT2D eigenvalue weighted by atomic mass is 16.5. The third-order valence-electron chi connectivity index (χ3n) is 7.83. The molecule has 0 aliphatic rings. The number of unbranched alkanes of at least 4 members (excludes halogenated alkanes) is 19. The zero-order valence-electron chi connectivity index (χ0n) is 28.1. The van der Waals surface area contributed by atoms with E-state index < -0.39 is 5.97 Å². The number of hydrogen-bond acceptors (Lipinski definition) is 4. The number of rotatable bonds is 32. The second kappa shape index (κ2) is 32.8. The van der Waals surface area contributed by atoms with Crippen LogP contribution in [0.25, 0.3) is 0 Å². The Kier molecular flexibility index (Phi) is 31.2. The van der Waals surface area contributed by atoms with Gasteiger partial charge in [0.05, 0.1) is 0 Å². The lowest BCUT2D eigenvalue weighted by atomic mass is 10.1. The largest absolute Gasteiger partial charge is 0.480 e. The number of carbonyl (C=O) groups excluding carboxylic acids is 2. The molecule has 0 saturated heterocycles. The summed E-state index contributed by atoms with van der Waals surface area (Å²) in [6.45, 7) is 4.17. The number of carboxylic acids is 1. The van der Waals surface area contributed by atoms with Gasteiger partial charge in [0.2, 0.25) is 5.91 Å². The smallest absolute Gasteiger partial charge is 0.322 e. The number of esters is 1. The van der Waals surface area contributed by atoms with E-state index in [9.17, 15) is 14.4 Å². The summed E-state index contributed by atoms with van der Waals surface area (Å²) >= 11 is 0. The van der Waals surface area contributed by atoms with Crippen LogP contribution in [0.2, 0.25) is 0 Å². The number of allylic oxidation sites excluding steroid dienone is 3. The molecule has 43 heavy (non-hydrogen) atoms. The van der Waals surface area contributed by atoms with E-state index in [0.717, 1.165) is 51.4 Å². The molecule has 0 aromatic carbocycles. The fourth-order valence-corrected chi connectivity index (χ4v) is 5.12. The van der Waals surface area contributed by atoms with E-state index >= 15 is 0 Å². The van der Waals surface area contributed by atoms with Crippen molar-refractivity contribution >= 4 is 17.8 Å². The molecular weight excluding hydrogens is 538 g/mol. The predicted octanol–water partition coefficient (Wildman–Crippen LogP) is 10.4. The molecule has 1 atom stereocenters. The second-order valence-corrected chi connectivity index (χ2v) is 12.1. The van der Waals surface area contributed by atoms with E-state index in [1.54, 1.807) is 0 Å². The minimum atomic E-state index is -1.03. The van der Waals surface area contributed by atoms with E-state index in [0.29, 0.717) is 12.8 Å². The van der Waals surface area contributed by atoms with Gasteiger partial charge in [0, 0.05) is 12.8 Å². The van der Waals surface area contributed by atoms with Gasteiger partial charge >= 0.3 is 11.9 Å². The molecule has 0 heterocycles. The Bertz CT molecular complexity index is 718. The summed E-state index contributed by atoms with van der Waals surface area (Å²) in [7, 11) is 0. The van der Waals surface area contributed by atoms with Gasteiger partial charge in [0.1, 0.15) is 12.6 Å². The molecule has 0 saturated carbocycles. The normalized spacial score (nSPS) is 12.2. The van der Waals surface area contributed by atoms with Crippen molar-refractivity contribution in [3.8, 4) is 0 Å². The van der Waals surface area contributed by atoms with E-state index in [1.165, 1.54) is 103 Å². The Morgan fingerprint density at radius 3 is 1.65 bits per heavy atom. The zero-order valence-corrected chi connectivity index (χ0v) is 28.1. The number of carbonyl (C=O) groups is 3. The van der Waals surface area contributed by atoms with Crippen LogP contribution in [0.5, 0.6) is 0 Å². The summed E-state index contributed by atoms with van der Waals surface area (Å²) in [5.41, 5.74) is 0. The monoisotopic (exact) mass is 606 g/mol. The Labute approximate surface area is 264 Å². The molecule has 6 nitrogen and oxygen atoms in total. The van der Waals surface area contributed by atoms with Crippen LogP contribution in [-0.2, 0) is 19.1 Å². The van der Waals surface area contributed by atoms with Gasteiger partial charge in [-0.15, -0.1) is 0 Å². The topological polar surface area (TPSA) is 92.7 Å². The summed E-state index contributed by atoms with van der Waals surface area (Å²) in [5.74, 6) is -1.33. The third kappa shape index (κ3) is 32.6. The van der Waals surface area contributed by atoms with Crippen molar-refractivity contribution in [2.45, 2.75) is 187 Å². The Hall–Kier alpha value is -2.11. The van der Waals surface area contributed by atoms with Crippen LogP contribution >= 0.6 is 0 Å². The molecule has 0 spiro atoms. The maximum atomic E-state index is 12.6. The first kappa shape index (κ1) is 40.9. The van der Waals surface area contributed by atoms with Crippen molar-refractivity contribution in [3.05, 3.63) is 24.3 Å². The first-order valence-corrected chi connectivity index (χ1v) is 18.0.